The molecule has 4 heterocycles. The first kappa shape index (κ1) is 31.6. The fourth-order valence-corrected chi connectivity index (χ4v) is 5.11. The van der Waals surface area contributed by atoms with Gasteiger partial charge in [-0.05, 0) is 13.8 Å². The minimum atomic E-state index is -1.78. The Morgan fingerprint density at radius 1 is 0.634 bits per heavy atom. The molecule has 0 aliphatic carbocycles. The zero-order chi connectivity index (χ0) is 30.5. The zero-order valence-corrected chi connectivity index (χ0v) is 22.7. The number of ketones is 2. The predicted molar refractivity (Wildman–Crippen MR) is 129 cm³/mol. The lowest BCUT2D eigenvalue weighted by Gasteiger charge is -2.39. The number of aliphatic hydroxyl groups is 8. The molecule has 0 spiro atoms. The van der Waals surface area contributed by atoms with Gasteiger partial charge in [0, 0.05) is 0 Å². The van der Waals surface area contributed by atoms with Crippen LogP contribution >= 0.6 is 0 Å². The monoisotopic (exact) mass is 592 g/mol. The third kappa shape index (κ3) is 5.45. The van der Waals surface area contributed by atoms with Crippen molar-refractivity contribution in [3.63, 3.8) is 0 Å². The quantitative estimate of drug-likeness (QED) is 0.134. The Hall–Kier alpha value is -2.38. The molecule has 8 N–H and O–H groups in total. The molecule has 0 aromatic carbocycles. The van der Waals surface area contributed by atoms with Gasteiger partial charge in [-0.2, -0.15) is 0 Å². The highest BCUT2D eigenvalue weighted by molar-refractivity contribution is 6.03. The van der Waals surface area contributed by atoms with Crippen LogP contribution in [-0.4, -0.2) is 139 Å². The fraction of sp³-hybridized carbons (Fsp3) is 0.760. The van der Waals surface area contributed by atoms with Gasteiger partial charge >= 0.3 is 0 Å². The average molecular weight is 593 g/mol. The summed E-state index contributed by atoms with van der Waals surface area (Å²) in [4.78, 5) is 26.8. The van der Waals surface area contributed by atoms with Crippen LogP contribution in [0.25, 0.3) is 0 Å². The normalized spacial score (nSPS) is 42.0. The molecular weight excluding hydrogens is 556 g/mol. The van der Waals surface area contributed by atoms with Gasteiger partial charge in [-0.1, -0.05) is 13.8 Å². The maximum absolute atomic E-state index is 13.4. The number of rotatable bonds is 8. The molecule has 0 amide bonds. The summed E-state index contributed by atoms with van der Waals surface area (Å²) in [6.45, 7) is 4.39. The van der Waals surface area contributed by atoms with Gasteiger partial charge in [0.05, 0.1) is 18.6 Å². The van der Waals surface area contributed by atoms with E-state index in [1.165, 1.54) is 27.7 Å². The van der Waals surface area contributed by atoms with E-state index in [4.69, 9.17) is 28.4 Å². The second-order valence-corrected chi connectivity index (χ2v) is 10.9. The third-order valence-electron chi connectivity index (χ3n) is 7.67. The van der Waals surface area contributed by atoms with Gasteiger partial charge in [0.1, 0.15) is 60.4 Å². The lowest BCUT2D eigenvalue weighted by atomic mass is 9.77. The van der Waals surface area contributed by atoms with Gasteiger partial charge in [0.15, 0.2) is 12.2 Å². The molecular formula is C25H36O16. The van der Waals surface area contributed by atoms with E-state index in [9.17, 15) is 50.4 Å². The Bertz CT molecular complexity index is 999. The summed E-state index contributed by atoms with van der Waals surface area (Å²) < 4.78 is 33.2. The van der Waals surface area contributed by atoms with Crippen LogP contribution in [0.15, 0.2) is 23.0 Å². The predicted octanol–water partition coefficient (Wildman–Crippen LogP) is -3.96. The van der Waals surface area contributed by atoms with Crippen molar-refractivity contribution in [3.8, 4) is 0 Å². The molecule has 16 nitrogen and oxygen atoms in total. The minimum Gasteiger partial charge on any atom is -0.482 e. The molecule has 16 heteroatoms. The number of aliphatic hydroxyl groups excluding tert-OH is 8. The summed E-state index contributed by atoms with van der Waals surface area (Å²) >= 11 is 0. The van der Waals surface area contributed by atoms with E-state index in [0.29, 0.717) is 0 Å². The molecule has 4 aliphatic heterocycles. The van der Waals surface area contributed by atoms with E-state index in [1.807, 2.05) is 0 Å². The van der Waals surface area contributed by atoms with Gasteiger partial charge < -0.3 is 69.3 Å². The van der Waals surface area contributed by atoms with Crippen molar-refractivity contribution in [1.29, 1.82) is 0 Å². The van der Waals surface area contributed by atoms with Crippen LogP contribution in [0.5, 0.6) is 0 Å². The molecule has 232 valence electrons. The van der Waals surface area contributed by atoms with Crippen LogP contribution in [0.4, 0.5) is 0 Å². The standard InChI is InChI=1S/C25H36O16/c1-7-19(40-23-15(32)13(30)11(28)9(5-26)38-23)17(34)21(36-7)25(3,4)22-18(35)20(8(2)37-22)41-24-16(33)14(31)12(29)10(6-27)39-24/h9-16,21-24,26-33H,5-6H2,1-4H3/t9-,10-,11-,12-,13+,14+,15-,16-,21?,22?,23+,24+/m1/s1. The molecule has 2 fully saturated rings. The number of allylic oxidation sites excluding steroid dienone is 2. The van der Waals surface area contributed by atoms with Crippen molar-refractivity contribution >= 4 is 11.6 Å². The van der Waals surface area contributed by atoms with Crippen molar-refractivity contribution in [2.75, 3.05) is 13.2 Å². The second kappa shape index (κ2) is 11.7. The molecule has 41 heavy (non-hydrogen) atoms. The van der Waals surface area contributed by atoms with Gasteiger partial charge in [0.2, 0.25) is 35.7 Å². The summed E-state index contributed by atoms with van der Waals surface area (Å²) in [5, 5.41) is 79.4. The molecule has 4 aliphatic rings. The Labute approximate surface area is 233 Å². The van der Waals surface area contributed by atoms with Gasteiger partial charge in [-0.15, -0.1) is 0 Å². The van der Waals surface area contributed by atoms with Crippen LogP contribution in [0.2, 0.25) is 0 Å². The first-order valence-electron chi connectivity index (χ1n) is 12.9. The smallest absolute Gasteiger partial charge is 0.242 e. The number of carbonyl (C=O) groups is 2. The summed E-state index contributed by atoms with van der Waals surface area (Å²) in [5.74, 6) is -2.31. The first-order valence-corrected chi connectivity index (χ1v) is 12.9. The van der Waals surface area contributed by atoms with Gasteiger partial charge in [-0.3, -0.25) is 9.59 Å². The summed E-state index contributed by atoms with van der Waals surface area (Å²) in [7, 11) is 0. The summed E-state index contributed by atoms with van der Waals surface area (Å²) in [5.41, 5.74) is -1.39. The molecule has 2 saturated heterocycles. The molecule has 4 rings (SSSR count). The van der Waals surface area contributed by atoms with E-state index in [0.717, 1.165) is 0 Å². The average Bonchev–Trinajstić information content (AvgIpc) is 3.39. The highest BCUT2D eigenvalue weighted by Gasteiger charge is 2.57. The number of carbonyl (C=O) groups excluding carboxylic acids is 2. The first-order chi connectivity index (χ1) is 19.1. The van der Waals surface area contributed by atoms with E-state index in [1.54, 1.807) is 0 Å². The molecule has 0 aromatic rings. The van der Waals surface area contributed by atoms with Crippen molar-refractivity contribution in [2.24, 2.45) is 5.41 Å². The fourth-order valence-electron chi connectivity index (χ4n) is 5.11. The maximum Gasteiger partial charge on any atom is 0.242 e. The molecule has 0 bridgehead atoms. The number of hydrogen-bond donors (Lipinski definition) is 8. The minimum absolute atomic E-state index is 0.0297. The SMILES string of the molecule is CC1=C(O[C@@H]2O[C@H](CO)[C@@H](O)[C@H](O)[C@H]2O)C(=O)C(C(C)(C)C2OC(C)=C(O[C@@H]3O[C@H](CO)[C@@H](O)[C@H](O)[C@H]3O)C2=O)O1. The van der Waals surface area contributed by atoms with E-state index >= 15 is 0 Å². The zero-order valence-electron chi connectivity index (χ0n) is 22.7. The highest BCUT2D eigenvalue weighted by Crippen LogP contribution is 2.43. The maximum atomic E-state index is 13.4. The second-order valence-electron chi connectivity index (χ2n) is 10.9. The largest absolute Gasteiger partial charge is 0.482 e. The Morgan fingerprint density at radius 2 is 0.976 bits per heavy atom. The number of ether oxygens (including phenoxy) is 6. The van der Waals surface area contributed by atoms with Crippen LogP contribution in [0.1, 0.15) is 27.7 Å². The Kier molecular flexibility index (Phi) is 9.02. The van der Waals surface area contributed by atoms with Crippen LogP contribution in [-0.2, 0) is 38.0 Å². The van der Waals surface area contributed by atoms with Crippen molar-refractivity contribution < 1.29 is 78.9 Å². The van der Waals surface area contributed by atoms with E-state index in [-0.39, 0.29) is 23.0 Å². The van der Waals surface area contributed by atoms with Crippen LogP contribution in [0, 0.1) is 5.41 Å². The summed E-state index contributed by atoms with van der Waals surface area (Å²) in [6, 6.07) is 0. The Balaban J connectivity index is 1.46. The molecule has 12 atom stereocenters. The topological polar surface area (TPSA) is 251 Å². The molecule has 0 aromatic heterocycles. The highest BCUT2D eigenvalue weighted by atomic mass is 16.7. The van der Waals surface area contributed by atoms with Crippen molar-refractivity contribution in [1.82, 2.24) is 0 Å². The van der Waals surface area contributed by atoms with E-state index in [2.05, 4.69) is 0 Å². The van der Waals surface area contributed by atoms with Crippen molar-refractivity contribution in [2.45, 2.75) is 101 Å². The molecule has 2 unspecified atom stereocenters. The Morgan fingerprint density at radius 3 is 1.29 bits per heavy atom. The lowest BCUT2D eigenvalue weighted by molar-refractivity contribution is -0.291. The molecule has 0 radical (unpaired) electrons. The number of hydrogen-bond acceptors (Lipinski definition) is 16. The number of Topliss-reactive ketones (excluding diaryl/α,β-unsaturated/α-hetero) is 2. The summed E-state index contributed by atoms with van der Waals surface area (Å²) in [6.07, 6.45) is -18.8. The van der Waals surface area contributed by atoms with Crippen molar-refractivity contribution in [3.05, 3.63) is 23.0 Å². The van der Waals surface area contributed by atoms with Gasteiger partial charge in [-0.25, -0.2) is 0 Å². The van der Waals surface area contributed by atoms with E-state index < -0.39 is 104 Å². The van der Waals surface area contributed by atoms with Crippen LogP contribution in [0.3, 0.4) is 0 Å². The van der Waals surface area contributed by atoms with Gasteiger partial charge in [0.25, 0.3) is 0 Å². The van der Waals surface area contributed by atoms with Crippen LogP contribution < -0.4 is 0 Å². The third-order valence-corrected chi connectivity index (χ3v) is 7.67. The molecule has 0 saturated carbocycles. The lowest BCUT2D eigenvalue weighted by Crippen LogP contribution is -2.59.